The molecule has 2 N–H and O–H groups in total. The number of nitrogens with two attached hydrogens (primary N) is 1. The molecular formula is C15H18ClN3O. The Balaban J connectivity index is 2.07. The summed E-state index contributed by atoms with van der Waals surface area (Å²) in [6.07, 6.45) is 3.49. The smallest absolute Gasteiger partial charge is 0.182 e. The topological polar surface area (TPSA) is 60.9 Å². The van der Waals surface area contributed by atoms with E-state index < -0.39 is 0 Å². The number of carbonyl (C=O) groups is 1. The van der Waals surface area contributed by atoms with E-state index in [1.807, 2.05) is 31.2 Å². The quantitative estimate of drug-likeness (QED) is 0.656. The first-order valence-corrected chi connectivity index (χ1v) is 7.08. The summed E-state index contributed by atoms with van der Waals surface area (Å²) in [4.78, 5) is 12.3. The Bertz CT molecular complexity index is 607. The second kappa shape index (κ2) is 6.57. The number of halogens is 1. The fourth-order valence-corrected chi connectivity index (χ4v) is 2.39. The van der Waals surface area contributed by atoms with Crippen molar-refractivity contribution in [2.75, 3.05) is 5.73 Å². The molecule has 0 aliphatic carbocycles. The fourth-order valence-electron chi connectivity index (χ4n) is 2.15. The van der Waals surface area contributed by atoms with E-state index in [-0.39, 0.29) is 5.78 Å². The molecule has 0 amide bonds. The van der Waals surface area contributed by atoms with E-state index in [4.69, 9.17) is 17.3 Å². The minimum Gasteiger partial charge on any atom is -0.399 e. The van der Waals surface area contributed by atoms with Gasteiger partial charge in [0, 0.05) is 18.7 Å². The van der Waals surface area contributed by atoms with E-state index in [1.165, 1.54) is 6.20 Å². The molecule has 1 aromatic carbocycles. The average molecular weight is 292 g/mol. The van der Waals surface area contributed by atoms with Crippen LogP contribution in [0.3, 0.4) is 0 Å². The number of benzene rings is 1. The Morgan fingerprint density at radius 1 is 1.45 bits per heavy atom. The van der Waals surface area contributed by atoms with Crippen LogP contribution in [-0.4, -0.2) is 15.6 Å². The highest BCUT2D eigenvalue weighted by Gasteiger charge is 2.16. The summed E-state index contributed by atoms with van der Waals surface area (Å²) >= 11 is 6.06. The number of aryl methyl sites for hydroxylation is 2. The van der Waals surface area contributed by atoms with Gasteiger partial charge < -0.3 is 5.73 Å². The molecule has 1 aromatic heterocycles. The zero-order valence-electron chi connectivity index (χ0n) is 11.5. The van der Waals surface area contributed by atoms with E-state index in [9.17, 15) is 4.79 Å². The Labute approximate surface area is 123 Å². The van der Waals surface area contributed by atoms with Crippen LogP contribution in [0, 0.1) is 0 Å². The van der Waals surface area contributed by atoms with Crippen LogP contribution in [0.15, 0.2) is 30.5 Å². The molecule has 0 fully saturated rings. The van der Waals surface area contributed by atoms with Crippen molar-refractivity contribution in [2.45, 2.75) is 32.7 Å². The van der Waals surface area contributed by atoms with Gasteiger partial charge >= 0.3 is 0 Å². The minimum absolute atomic E-state index is 0.0170. The van der Waals surface area contributed by atoms with Gasteiger partial charge in [0.25, 0.3) is 0 Å². The second-order valence-electron chi connectivity index (χ2n) is 4.73. The number of rotatable bonds is 6. The lowest BCUT2D eigenvalue weighted by Crippen LogP contribution is -2.11. The summed E-state index contributed by atoms with van der Waals surface area (Å²) in [5.74, 6) is 0.0170. The molecule has 2 aromatic rings. The maximum Gasteiger partial charge on any atom is 0.182 e. The monoisotopic (exact) mass is 291 g/mol. The van der Waals surface area contributed by atoms with Gasteiger partial charge in [-0.05, 0) is 30.5 Å². The van der Waals surface area contributed by atoms with E-state index >= 15 is 0 Å². The predicted molar refractivity (Wildman–Crippen MR) is 81.0 cm³/mol. The normalized spacial score (nSPS) is 10.7. The van der Waals surface area contributed by atoms with Crippen LogP contribution >= 0.6 is 11.6 Å². The molecular weight excluding hydrogens is 274 g/mol. The largest absolute Gasteiger partial charge is 0.399 e. The van der Waals surface area contributed by atoms with Gasteiger partial charge in [-0.3, -0.25) is 9.48 Å². The molecule has 0 saturated carbocycles. The lowest BCUT2D eigenvalue weighted by Gasteiger charge is -2.06. The third kappa shape index (κ3) is 3.39. The number of nitrogens with zero attached hydrogens (tertiary/aromatic N) is 2. The van der Waals surface area contributed by atoms with Crippen LogP contribution in [0.25, 0.3) is 0 Å². The van der Waals surface area contributed by atoms with Crippen LogP contribution in [0.2, 0.25) is 5.02 Å². The first kappa shape index (κ1) is 14.6. The number of hydrogen-bond donors (Lipinski definition) is 1. The van der Waals surface area contributed by atoms with Gasteiger partial charge in [-0.1, -0.05) is 30.7 Å². The van der Waals surface area contributed by atoms with Gasteiger partial charge in [0.05, 0.1) is 11.2 Å². The molecule has 106 valence electrons. The molecule has 0 atom stereocenters. The zero-order valence-corrected chi connectivity index (χ0v) is 12.2. The van der Waals surface area contributed by atoms with Gasteiger partial charge in [0.15, 0.2) is 5.78 Å². The summed E-state index contributed by atoms with van der Waals surface area (Å²) in [5, 5.41) is 4.57. The maximum absolute atomic E-state index is 12.3. The predicted octanol–water partition coefficient (Wildman–Crippen LogP) is 3.34. The molecule has 0 saturated heterocycles. The van der Waals surface area contributed by atoms with Crippen molar-refractivity contribution in [2.24, 2.45) is 0 Å². The number of hydrogen-bond acceptors (Lipinski definition) is 3. The maximum atomic E-state index is 12.3. The summed E-state index contributed by atoms with van der Waals surface area (Å²) < 4.78 is 1.68. The third-order valence-electron chi connectivity index (χ3n) is 3.09. The summed E-state index contributed by atoms with van der Waals surface area (Å²) in [7, 11) is 0. The number of aromatic nitrogens is 2. The third-order valence-corrected chi connectivity index (χ3v) is 3.36. The first-order chi connectivity index (χ1) is 9.61. The molecule has 0 radical (unpaired) electrons. The lowest BCUT2D eigenvalue weighted by atomic mass is 10.1. The molecule has 0 spiro atoms. The SMILES string of the molecule is CCCn1ncc(Cl)c1C(=O)CCc1cccc(N)c1. The summed E-state index contributed by atoms with van der Waals surface area (Å²) in [6.45, 7) is 2.74. The summed E-state index contributed by atoms with van der Waals surface area (Å²) in [6, 6.07) is 7.58. The second-order valence-corrected chi connectivity index (χ2v) is 5.14. The molecule has 5 heteroatoms. The van der Waals surface area contributed by atoms with E-state index in [0.717, 1.165) is 12.0 Å². The highest BCUT2D eigenvalue weighted by molar-refractivity contribution is 6.33. The van der Waals surface area contributed by atoms with Gasteiger partial charge in [0.1, 0.15) is 5.69 Å². The molecule has 0 bridgehead atoms. The number of anilines is 1. The molecule has 0 aliphatic rings. The van der Waals surface area contributed by atoms with Crippen LogP contribution in [0.1, 0.15) is 35.8 Å². The van der Waals surface area contributed by atoms with E-state index in [0.29, 0.717) is 35.8 Å². The zero-order chi connectivity index (χ0) is 14.5. The fraction of sp³-hybridized carbons (Fsp3) is 0.333. The Hall–Kier alpha value is -1.81. The van der Waals surface area contributed by atoms with Gasteiger partial charge in [-0.25, -0.2) is 0 Å². The van der Waals surface area contributed by atoms with Gasteiger partial charge in [0.2, 0.25) is 0 Å². The highest BCUT2D eigenvalue weighted by Crippen LogP contribution is 2.19. The first-order valence-electron chi connectivity index (χ1n) is 6.70. The number of nitrogen functional groups attached to an aromatic ring is 1. The number of ketones is 1. The van der Waals surface area contributed by atoms with Crippen molar-refractivity contribution in [1.82, 2.24) is 9.78 Å². The molecule has 4 nitrogen and oxygen atoms in total. The van der Waals surface area contributed by atoms with Crippen LogP contribution in [0.5, 0.6) is 0 Å². The van der Waals surface area contributed by atoms with Crippen molar-refractivity contribution in [1.29, 1.82) is 0 Å². The van der Waals surface area contributed by atoms with Crippen LogP contribution in [-0.2, 0) is 13.0 Å². The van der Waals surface area contributed by atoms with Crippen LogP contribution in [0.4, 0.5) is 5.69 Å². The van der Waals surface area contributed by atoms with E-state index in [1.54, 1.807) is 4.68 Å². The Morgan fingerprint density at radius 2 is 2.25 bits per heavy atom. The Kier molecular flexibility index (Phi) is 4.79. The number of Topliss-reactive ketones (excluding diaryl/α,β-unsaturated/α-hetero) is 1. The van der Waals surface area contributed by atoms with Crippen molar-refractivity contribution >= 4 is 23.1 Å². The van der Waals surface area contributed by atoms with Gasteiger partial charge in [-0.2, -0.15) is 5.10 Å². The molecule has 0 aliphatic heterocycles. The minimum atomic E-state index is 0.0170. The summed E-state index contributed by atoms with van der Waals surface area (Å²) in [5.41, 5.74) is 8.00. The Morgan fingerprint density at radius 3 is 2.95 bits per heavy atom. The number of carbonyl (C=O) groups excluding carboxylic acids is 1. The van der Waals surface area contributed by atoms with E-state index in [2.05, 4.69) is 5.10 Å². The average Bonchev–Trinajstić information content (AvgIpc) is 2.78. The van der Waals surface area contributed by atoms with Crippen molar-refractivity contribution < 1.29 is 4.79 Å². The molecule has 0 unspecified atom stereocenters. The van der Waals surface area contributed by atoms with Gasteiger partial charge in [-0.15, -0.1) is 0 Å². The van der Waals surface area contributed by atoms with Crippen molar-refractivity contribution in [3.8, 4) is 0 Å². The van der Waals surface area contributed by atoms with Crippen molar-refractivity contribution in [3.63, 3.8) is 0 Å². The molecule has 20 heavy (non-hydrogen) atoms. The van der Waals surface area contributed by atoms with Crippen molar-refractivity contribution in [3.05, 3.63) is 46.7 Å². The molecule has 1 heterocycles. The van der Waals surface area contributed by atoms with Crippen LogP contribution < -0.4 is 5.73 Å². The lowest BCUT2D eigenvalue weighted by molar-refractivity contribution is 0.0972. The highest BCUT2D eigenvalue weighted by atomic mass is 35.5. The standard InChI is InChI=1S/C15H18ClN3O/c1-2-8-19-15(13(16)10-18-19)14(20)7-6-11-4-3-5-12(17)9-11/h3-5,9-10H,2,6-8,17H2,1H3. The molecule has 2 rings (SSSR count).